The van der Waals surface area contributed by atoms with Crippen molar-refractivity contribution in [2.24, 2.45) is 0 Å². The predicted octanol–water partition coefficient (Wildman–Crippen LogP) is 3.15. The van der Waals surface area contributed by atoms with Crippen molar-refractivity contribution in [1.82, 2.24) is 0 Å². The summed E-state index contributed by atoms with van der Waals surface area (Å²) in [5, 5.41) is 9.97. The zero-order valence-corrected chi connectivity index (χ0v) is 12.8. The first-order valence-corrected chi connectivity index (χ1v) is 7.49. The Hall–Kier alpha value is -2.89. The summed E-state index contributed by atoms with van der Waals surface area (Å²) in [6.45, 7) is 0.750. The highest BCUT2D eigenvalue weighted by Gasteiger charge is 2.20. The van der Waals surface area contributed by atoms with Crippen LogP contribution in [0.5, 0.6) is 17.2 Å². The van der Waals surface area contributed by atoms with Crippen molar-refractivity contribution in [3.8, 4) is 17.2 Å². The molecule has 1 aliphatic heterocycles. The van der Waals surface area contributed by atoms with E-state index < -0.39 is 5.82 Å². The minimum Gasteiger partial charge on any atom is -0.507 e. The SMILES string of the molecule is O=C(CCC(=O)c1cc2c(cc1O)OCCO2)c1ccc(F)cc1. The summed E-state index contributed by atoms with van der Waals surface area (Å²) in [5.74, 6) is -0.493. The van der Waals surface area contributed by atoms with Crippen LogP contribution in [0.3, 0.4) is 0 Å². The molecule has 0 bridgehead atoms. The van der Waals surface area contributed by atoms with Crippen molar-refractivity contribution in [3.63, 3.8) is 0 Å². The predicted molar refractivity (Wildman–Crippen MR) is 83.4 cm³/mol. The lowest BCUT2D eigenvalue weighted by atomic mass is 10.0. The Morgan fingerprint density at radius 2 is 1.54 bits per heavy atom. The Kier molecular flexibility index (Phi) is 4.46. The number of hydrogen-bond acceptors (Lipinski definition) is 5. The van der Waals surface area contributed by atoms with Gasteiger partial charge in [-0.3, -0.25) is 9.59 Å². The molecule has 6 heteroatoms. The molecule has 0 fully saturated rings. The zero-order valence-electron chi connectivity index (χ0n) is 12.8. The molecular weight excluding hydrogens is 315 g/mol. The highest BCUT2D eigenvalue weighted by Crippen LogP contribution is 2.36. The van der Waals surface area contributed by atoms with Gasteiger partial charge in [0, 0.05) is 24.5 Å². The fraction of sp³-hybridized carbons (Fsp3) is 0.222. The first-order chi connectivity index (χ1) is 11.5. The molecule has 24 heavy (non-hydrogen) atoms. The van der Waals surface area contributed by atoms with Crippen molar-refractivity contribution in [1.29, 1.82) is 0 Å². The van der Waals surface area contributed by atoms with Gasteiger partial charge in [-0.1, -0.05) is 0 Å². The van der Waals surface area contributed by atoms with E-state index in [1.165, 1.54) is 36.4 Å². The smallest absolute Gasteiger partial charge is 0.167 e. The van der Waals surface area contributed by atoms with E-state index in [9.17, 15) is 19.1 Å². The lowest BCUT2D eigenvalue weighted by Crippen LogP contribution is -2.16. The molecule has 0 spiro atoms. The lowest BCUT2D eigenvalue weighted by molar-refractivity contribution is 0.0915. The molecule has 0 radical (unpaired) electrons. The molecule has 5 nitrogen and oxygen atoms in total. The first-order valence-electron chi connectivity index (χ1n) is 7.49. The maximum absolute atomic E-state index is 12.9. The van der Waals surface area contributed by atoms with Crippen LogP contribution in [0.15, 0.2) is 36.4 Å². The van der Waals surface area contributed by atoms with Gasteiger partial charge >= 0.3 is 0 Å². The Bertz CT molecular complexity index is 783. The van der Waals surface area contributed by atoms with Crippen LogP contribution in [-0.2, 0) is 0 Å². The van der Waals surface area contributed by atoms with E-state index in [-0.39, 0.29) is 35.7 Å². The zero-order chi connectivity index (χ0) is 17.1. The molecule has 2 aromatic rings. The van der Waals surface area contributed by atoms with Gasteiger partial charge in [-0.05, 0) is 30.3 Å². The third kappa shape index (κ3) is 3.37. The van der Waals surface area contributed by atoms with Crippen LogP contribution in [0.2, 0.25) is 0 Å². The van der Waals surface area contributed by atoms with E-state index in [0.29, 0.717) is 30.3 Å². The van der Waals surface area contributed by atoms with Crippen LogP contribution in [-0.4, -0.2) is 29.9 Å². The number of hydrogen-bond donors (Lipinski definition) is 1. The number of phenols is 1. The summed E-state index contributed by atoms with van der Waals surface area (Å²) >= 11 is 0. The Labute approximate surface area is 137 Å². The van der Waals surface area contributed by atoms with Crippen LogP contribution in [0, 0.1) is 5.82 Å². The van der Waals surface area contributed by atoms with Crippen LogP contribution >= 0.6 is 0 Å². The minimum absolute atomic E-state index is 0.0294. The topological polar surface area (TPSA) is 72.8 Å². The average molecular weight is 330 g/mol. The second-order valence-corrected chi connectivity index (χ2v) is 5.37. The number of carbonyl (C=O) groups excluding carboxylic acids is 2. The molecule has 0 aromatic heterocycles. The number of carbonyl (C=O) groups is 2. The fourth-order valence-electron chi connectivity index (χ4n) is 2.44. The standard InChI is InChI=1S/C18H15FO5/c19-12-3-1-11(2-4-12)14(20)5-6-15(21)13-9-17-18(10-16(13)22)24-8-7-23-17/h1-4,9-10,22H,5-8H2. The van der Waals surface area contributed by atoms with Gasteiger partial charge in [0.05, 0.1) is 5.56 Å². The number of ether oxygens (including phenoxy) is 2. The third-order valence-corrected chi connectivity index (χ3v) is 3.71. The summed E-state index contributed by atoms with van der Waals surface area (Å²) in [7, 11) is 0. The molecule has 0 unspecified atom stereocenters. The van der Waals surface area contributed by atoms with E-state index in [4.69, 9.17) is 9.47 Å². The van der Waals surface area contributed by atoms with E-state index in [0.717, 1.165) is 0 Å². The molecular formula is C18H15FO5. The van der Waals surface area contributed by atoms with E-state index in [1.807, 2.05) is 0 Å². The molecule has 2 aromatic carbocycles. The quantitative estimate of drug-likeness (QED) is 0.853. The maximum Gasteiger partial charge on any atom is 0.167 e. The van der Waals surface area contributed by atoms with E-state index >= 15 is 0 Å². The Morgan fingerprint density at radius 1 is 0.958 bits per heavy atom. The molecule has 124 valence electrons. The molecule has 0 saturated carbocycles. The van der Waals surface area contributed by atoms with Crippen molar-refractivity contribution in [2.45, 2.75) is 12.8 Å². The summed E-state index contributed by atoms with van der Waals surface area (Å²) in [5.41, 5.74) is 0.432. The third-order valence-electron chi connectivity index (χ3n) is 3.71. The monoisotopic (exact) mass is 330 g/mol. The average Bonchev–Trinajstić information content (AvgIpc) is 2.59. The highest BCUT2D eigenvalue weighted by atomic mass is 19.1. The van der Waals surface area contributed by atoms with Gasteiger partial charge in [-0.15, -0.1) is 0 Å². The van der Waals surface area contributed by atoms with Crippen molar-refractivity contribution >= 4 is 11.6 Å². The molecule has 0 atom stereocenters. The largest absolute Gasteiger partial charge is 0.507 e. The van der Waals surface area contributed by atoms with Crippen LogP contribution < -0.4 is 9.47 Å². The summed E-state index contributed by atoms with van der Waals surface area (Å²) < 4.78 is 23.6. The Morgan fingerprint density at radius 3 is 2.21 bits per heavy atom. The van der Waals surface area contributed by atoms with Gasteiger partial charge in [0.2, 0.25) is 0 Å². The van der Waals surface area contributed by atoms with Crippen LogP contribution in [0.1, 0.15) is 33.6 Å². The summed E-state index contributed by atoms with van der Waals surface area (Å²) in [6, 6.07) is 7.91. The first kappa shape index (κ1) is 16.0. The van der Waals surface area contributed by atoms with Gasteiger partial charge in [0.15, 0.2) is 23.1 Å². The van der Waals surface area contributed by atoms with Gasteiger partial charge in [-0.25, -0.2) is 4.39 Å². The highest BCUT2D eigenvalue weighted by molar-refractivity contribution is 6.03. The van der Waals surface area contributed by atoms with Gasteiger partial charge in [-0.2, -0.15) is 0 Å². The van der Waals surface area contributed by atoms with Crippen molar-refractivity contribution in [2.75, 3.05) is 13.2 Å². The minimum atomic E-state index is -0.427. The molecule has 1 aliphatic rings. The normalized spacial score (nSPS) is 12.7. The van der Waals surface area contributed by atoms with Crippen molar-refractivity contribution < 1.29 is 28.6 Å². The summed E-state index contributed by atoms with van der Waals surface area (Å²) in [6.07, 6.45) is -0.0955. The Balaban J connectivity index is 1.69. The molecule has 0 saturated heterocycles. The number of benzene rings is 2. The molecule has 3 rings (SSSR count). The number of halogens is 1. The summed E-state index contributed by atoms with van der Waals surface area (Å²) in [4.78, 5) is 24.3. The number of Topliss-reactive ketones (excluding diaryl/α,β-unsaturated/α-hetero) is 2. The molecule has 0 aliphatic carbocycles. The van der Waals surface area contributed by atoms with Gasteiger partial charge in [0.1, 0.15) is 24.8 Å². The lowest BCUT2D eigenvalue weighted by Gasteiger charge is -2.19. The number of fused-ring (bicyclic) bond motifs is 1. The van der Waals surface area contributed by atoms with Crippen LogP contribution in [0.25, 0.3) is 0 Å². The molecule has 0 amide bonds. The van der Waals surface area contributed by atoms with Gasteiger partial charge < -0.3 is 14.6 Å². The fourth-order valence-corrected chi connectivity index (χ4v) is 2.44. The molecule has 1 heterocycles. The van der Waals surface area contributed by atoms with Crippen molar-refractivity contribution in [3.05, 3.63) is 53.3 Å². The number of phenolic OH excluding ortho intramolecular Hbond substituents is 1. The van der Waals surface area contributed by atoms with E-state index in [1.54, 1.807) is 0 Å². The van der Waals surface area contributed by atoms with E-state index in [2.05, 4.69) is 0 Å². The second kappa shape index (κ2) is 6.70. The molecule has 1 N–H and O–H groups in total. The number of aromatic hydroxyl groups is 1. The van der Waals surface area contributed by atoms with Gasteiger partial charge in [0.25, 0.3) is 0 Å². The maximum atomic E-state index is 12.9. The number of ketones is 2. The van der Waals surface area contributed by atoms with Crippen LogP contribution in [0.4, 0.5) is 4.39 Å². The second-order valence-electron chi connectivity index (χ2n) is 5.37. The number of rotatable bonds is 5.